The SMILES string of the molecule is C/C(C#N)=C1/C=C(N(CCF)CCF)CC(C)(C)C1. The topological polar surface area (TPSA) is 27.0 Å². The molecule has 1 rings (SSSR count). The second kappa shape index (κ2) is 6.70. The quantitative estimate of drug-likeness (QED) is 0.710. The van der Waals surface area contributed by atoms with Crippen LogP contribution in [-0.4, -0.2) is 31.3 Å². The summed E-state index contributed by atoms with van der Waals surface area (Å²) in [7, 11) is 0. The normalized spacial score (nSPS) is 20.5. The number of halogens is 2. The minimum atomic E-state index is -0.492. The van der Waals surface area contributed by atoms with Gasteiger partial charge in [-0.3, -0.25) is 0 Å². The van der Waals surface area contributed by atoms with Crippen molar-refractivity contribution in [2.75, 3.05) is 26.4 Å². The van der Waals surface area contributed by atoms with E-state index in [4.69, 9.17) is 5.26 Å². The van der Waals surface area contributed by atoms with Crippen molar-refractivity contribution in [2.45, 2.75) is 33.6 Å². The van der Waals surface area contributed by atoms with Crippen LogP contribution in [0.5, 0.6) is 0 Å². The van der Waals surface area contributed by atoms with Gasteiger partial charge in [0.2, 0.25) is 0 Å². The molecule has 1 aliphatic carbocycles. The maximum absolute atomic E-state index is 12.6. The van der Waals surface area contributed by atoms with Gasteiger partial charge in [-0.2, -0.15) is 5.26 Å². The van der Waals surface area contributed by atoms with Crippen molar-refractivity contribution < 1.29 is 8.78 Å². The van der Waals surface area contributed by atoms with Crippen LogP contribution in [-0.2, 0) is 0 Å². The molecule has 0 saturated carbocycles. The van der Waals surface area contributed by atoms with E-state index < -0.39 is 13.3 Å². The highest BCUT2D eigenvalue weighted by Gasteiger charge is 2.28. The molecule has 0 aromatic rings. The van der Waals surface area contributed by atoms with E-state index in [0.717, 1.165) is 24.1 Å². The molecule has 0 heterocycles. The molecule has 0 N–H and O–H groups in total. The minimum absolute atomic E-state index is 0.0163. The van der Waals surface area contributed by atoms with E-state index in [1.54, 1.807) is 11.8 Å². The van der Waals surface area contributed by atoms with Crippen molar-refractivity contribution in [1.29, 1.82) is 5.26 Å². The zero-order valence-corrected chi connectivity index (χ0v) is 12.0. The van der Waals surface area contributed by atoms with Crippen LogP contribution in [0.4, 0.5) is 8.78 Å². The first-order valence-corrected chi connectivity index (χ1v) is 6.61. The number of nitrogens with zero attached hydrogens (tertiary/aromatic N) is 2. The van der Waals surface area contributed by atoms with E-state index in [-0.39, 0.29) is 18.5 Å². The first-order valence-electron chi connectivity index (χ1n) is 6.61. The minimum Gasteiger partial charge on any atom is -0.370 e. The van der Waals surface area contributed by atoms with E-state index in [1.165, 1.54) is 0 Å². The Labute approximate surface area is 114 Å². The highest BCUT2D eigenvalue weighted by molar-refractivity contribution is 5.38. The van der Waals surface area contributed by atoms with Gasteiger partial charge in [-0.05, 0) is 36.8 Å². The van der Waals surface area contributed by atoms with Gasteiger partial charge in [-0.15, -0.1) is 0 Å². The molecule has 0 atom stereocenters. The van der Waals surface area contributed by atoms with Gasteiger partial charge in [0, 0.05) is 24.4 Å². The molecule has 0 aromatic heterocycles. The van der Waals surface area contributed by atoms with E-state index in [0.29, 0.717) is 5.57 Å². The van der Waals surface area contributed by atoms with Crippen molar-refractivity contribution >= 4 is 0 Å². The molecule has 1 aliphatic rings. The molecule has 0 saturated heterocycles. The molecule has 0 aromatic carbocycles. The van der Waals surface area contributed by atoms with Gasteiger partial charge in [0.25, 0.3) is 0 Å². The standard InChI is InChI=1S/C15H22F2N2/c1-12(11-18)13-8-14(10-15(2,3)9-13)19(6-4-16)7-5-17/h8H,4-7,9-10H2,1-3H3/b13-12+. The van der Waals surface area contributed by atoms with Crippen molar-refractivity contribution in [3.63, 3.8) is 0 Å². The summed E-state index contributed by atoms with van der Waals surface area (Å²) in [6.45, 7) is 5.47. The molecule has 19 heavy (non-hydrogen) atoms. The van der Waals surface area contributed by atoms with Gasteiger partial charge in [0.15, 0.2) is 0 Å². The Morgan fingerprint density at radius 1 is 1.32 bits per heavy atom. The Bertz CT molecular complexity index is 410. The summed E-state index contributed by atoms with van der Waals surface area (Å²) in [5.41, 5.74) is 2.63. The highest BCUT2D eigenvalue weighted by Crippen LogP contribution is 2.39. The van der Waals surface area contributed by atoms with Crippen LogP contribution in [0.15, 0.2) is 22.9 Å². The Balaban J connectivity index is 3.09. The lowest BCUT2D eigenvalue weighted by Crippen LogP contribution is -2.32. The Morgan fingerprint density at radius 3 is 2.37 bits per heavy atom. The Hall–Kier alpha value is -1.37. The maximum Gasteiger partial charge on any atom is 0.107 e. The van der Waals surface area contributed by atoms with Crippen molar-refractivity contribution in [3.05, 3.63) is 22.9 Å². The number of hydrogen-bond acceptors (Lipinski definition) is 2. The molecule has 106 valence electrons. The number of allylic oxidation sites excluding steroid dienone is 4. The fourth-order valence-corrected chi connectivity index (χ4v) is 2.49. The lowest BCUT2D eigenvalue weighted by molar-refractivity contribution is 0.233. The second-order valence-corrected chi connectivity index (χ2v) is 5.78. The number of rotatable bonds is 5. The molecule has 0 amide bonds. The smallest absolute Gasteiger partial charge is 0.107 e. The Morgan fingerprint density at radius 2 is 1.89 bits per heavy atom. The van der Waals surface area contributed by atoms with Gasteiger partial charge >= 0.3 is 0 Å². The zero-order chi connectivity index (χ0) is 14.5. The third kappa shape index (κ3) is 4.34. The van der Waals surface area contributed by atoms with Crippen LogP contribution in [0, 0.1) is 16.7 Å². The van der Waals surface area contributed by atoms with E-state index in [1.807, 2.05) is 6.08 Å². The predicted molar refractivity (Wildman–Crippen MR) is 72.9 cm³/mol. The van der Waals surface area contributed by atoms with Gasteiger partial charge in [-0.1, -0.05) is 13.8 Å². The Kier molecular flexibility index (Phi) is 5.53. The second-order valence-electron chi connectivity index (χ2n) is 5.78. The fraction of sp³-hybridized carbons (Fsp3) is 0.667. The van der Waals surface area contributed by atoms with Crippen LogP contribution in [0.2, 0.25) is 0 Å². The van der Waals surface area contributed by atoms with Crippen LogP contribution in [0.1, 0.15) is 33.6 Å². The monoisotopic (exact) mass is 268 g/mol. The van der Waals surface area contributed by atoms with Gasteiger partial charge < -0.3 is 4.90 Å². The molecule has 0 aliphatic heterocycles. The summed E-state index contributed by atoms with van der Waals surface area (Å²) in [6.07, 6.45) is 3.55. The number of hydrogen-bond donors (Lipinski definition) is 0. The third-order valence-electron chi connectivity index (χ3n) is 3.43. The molecule has 0 fully saturated rings. The van der Waals surface area contributed by atoms with Crippen LogP contribution in [0.3, 0.4) is 0 Å². The number of nitriles is 1. The number of alkyl halides is 2. The first-order chi connectivity index (χ1) is 8.93. The average Bonchev–Trinajstić information content (AvgIpc) is 2.35. The molecular formula is C15H22F2N2. The summed E-state index contributed by atoms with van der Waals surface area (Å²) < 4.78 is 25.2. The molecule has 0 bridgehead atoms. The molecular weight excluding hydrogens is 246 g/mol. The molecule has 0 unspecified atom stereocenters. The lowest BCUT2D eigenvalue weighted by atomic mass is 9.76. The largest absolute Gasteiger partial charge is 0.370 e. The van der Waals surface area contributed by atoms with E-state index in [9.17, 15) is 8.78 Å². The lowest BCUT2D eigenvalue weighted by Gasteiger charge is -2.37. The molecule has 0 spiro atoms. The first kappa shape index (κ1) is 15.7. The maximum atomic E-state index is 12.6. The molecule has 2 nitrogen and oxygen atoms in total. The van der Waals surface area contributed by atoms with Crippen LogP contribution >= 0.6 is 0 Å². The zero-order valence-electron chi connectivity index (χ0n) is 12.0. The summed E-state index contributed by atoms with van der Waals surface area (Å²) in [5.74, 6) is 0. The average molecular weight is 268 g/mol. The highest BCUT2D eigenvalue weighted by atomic mass is 19.1. The van der Waals surface area contributed by atoms with Crippen LogP contribution in [0.25, 0.3) is 0 Å². The summed E-state index contributed by atoms with van der Waals surface area (Å²) in [5, 5.41) is 9.02. The summed E-state index contributed by atoms with van der Waals surface area (Å²) in [6, 6.07) is 2.16. The fourth-order valence-electron chi connectivity index (χ4n) is 2.49. The van der Waals surface area contributed by atoms with Gasteiger partial charge in [0.1, 0.15) is 13.3 Å². The van der Waals surface area contributed by atoms with E-state index >= 15 is 0 Å². The van der Waals surface area contributed by atoms with Crippen molar-refractivity contribution in [3.8, 4) is 6.07 Å². The van der Waals surface area contributed by atoms with Gasteiger partial charge in [0.05, 0.1) is 6.07 Å². The van der Waals surface area contributed by atoms with Gasteiger partial charge in [-0.25, -0.2) is 8.78 Å². The summed E-state index contributed by atoms with van der Waals surface area (Å²) in [4.78, 5) is 1.76. The molecule has 0 radical (unpaired) electrons. The van der Waals surface area contributed by atoms with Crippen LogP contribution < -0.4 is 0 Å². The predicted octanol–water partition coefficient (Wildman–Crippen LogP) is 3.77. The molecule has 4 heteroatoms. The van der Waals surface area contributed by atoms with Crippen molar-refractivity contribution in [2.24, 2.45) is 5.41 Å². The van der Waals surface area contributed by atoms with E-state index in [2.05, 4.69) is 19.9 Å². The summed E-state index contributed by atoms with van der Waals surface area (Å²) >= 11 is 0. The third-order valence-corrected chi connectivity index (χ3v) is 3.43. The van der Waals surface area contributed by atoms with Crippen molar-refractivity contribution in [1.82, 2.24) is 4.90 Å².